The van der Waals surface area contributed by atoms with Crippen LogP contribution in [-0.4, -0.2) is 36.3 Å². The van der Waals surface area contributed by atoms with Gasteiger partial charge in [-0.3, -0.25) is 9.59 Å². The number of benzene rings is 2. The zero-order valence-corrected chi connectivity index (χ0v) is 15.8. The molecule has 2 amide bonds. The van der Waals surface area contributed by atoms with Gasteiger partial charge in [-0.05, 0) is 36.8 Å². The highest BCUT2D eigenvalue weighted by molar-refractivity contribution is 5.93. The number of aryl methyl sites for hydroxylation is 1. The Hall–Kier alpha value is -3.15. The number of ether oxygens (including phenoxy) is 1. The van der Waals surface area contributed by atoms with Crippen LogP contribution in [0, 0.1) is 6.92 Å². The van der Waals surface area contributed by atoms with E-state index in [1.807, 2.05) is 31.2 Å². The van der Waals surface area contributed by atoms with E-state index in [4.69, 9.17) is 0 Å². The van der Waals surface area contributed by atoms with Crippen LogP contribution >= 0.6 is 0 Å². The molecule has 0 bridgehead atoms. The first-order chi connectivity index (χ1) is 12.9. The molecule has 6 heteroatoms. The average molecular weight is 368 g/mol. The van der Waals surface area contributed by atoms with Crippen LogP contribution in [0.3, 0.4) is 0 Å². The molecule has 0 atom stereocenters. The third kappa shape index (κ3) is 6.26. The first kappa shape index (κ1) is 20.2. The zero-order chi connectivity index (χ0) is 19.8. The standard InChI is InChI=1S/C21H24N2O4/c1-15-4-6-17(7-5-15)14-23(16(2)24)13-12-20(25)22-19-10-8-18(9-11-19)21(26)27-3/h4-11H,12-14H2,1-3H3,(H,22,25). The third-order valence-corrected chi connectivity index (χ3v) is 4.14. The molecular formula is C21H24N2O4. The van der Waals surface area contributed by atoms with E-state index in [0.717, 1.165) is 11.1 Å². The highest BCUT2D eigenvalue weighted by Gasteiger charge is 2.12. The van der Waals surface area contributed by atoms with Crippen molar-refractivity contribution >= 4 is 23.5 Å². The number of anilines is 1. The van der Waals surface area contributed by atoms with Crippen LogP contribution in [0.5, 0.6) is 0 Å². The molecule has 0 aliphatic heterocycles. The molecule has 0 aliphatic rings. The molecule has 2 aromatic carbocycles. The highest BCUT2D eigenvalue weighted by atomic mass is 16.5. The third-order valence-electron chi connectivity index (χ3n) is 4.14. The van der Waals surface area contributed by atoms with Gasteiger partial charge in [0.25, 0.3) is 0 Å². The molecule has 6 nitrogen and oxygen atoms in total. The van der Waals surface area contributed by atoms with Gasteiger partial charge in [-0.1, -0.05) is 29.8 Å². The topological polar surface area (TPSA) is 75.7 Å². The van der Waals surface area contributed by atoms with Crippen molar-refractivity contribution in [2.45, 2.75) is 26.8 Å². The van der Waals surface area contributed by atoms with Gasteiger partial charge in [0.1, 0.15) is 0 Å². The maximum Gasteiger partial charge on any atom is 0.337 e. The maximum atomic E-state index is 12.2. The SMILES string of the molecule is COC(=O)c1ccc(NC(=O)CCN(Cc2ccc(C)cc2)C(C)=O)cc1. The minimum atomic E-state index is -0.430. The Balaban J connectivity index is 1.89. The Morgan fingerprint density at radius 3 is 2.19 bits per heavy atom. The van der Waals surface area contributed by atoms with Gasteiger partial charge in [0, 0.05) is 32.1 Å². The van der Waals surface area contributed by atoms with Crippen molar-refractivity contribution in [3.63, 3.8) is 0 Å². The van der Waals surface area contributed by atoms with Crippen molar-refractivity contribution in [2.75, 3.05) is 19.0 Å². The Morgan fingerprint density at radius 1 is 1.00 bits per heavy atom. The van der Waals surface area contributed by atoms with Crippen molar-refractivity contribution in [1.29, 1.82) is 0 Å². The quantitative estimate of drug-likeness (QED) is 0.762. The van der Waals surface area contributed by atoms with Gasteiger partial charge in [0.05, 0.1) is 12.7 Å². The van der Waals surface area contributed by atoms with E-state index in [9.17, 15) is 14.4 Å². The summed E-state index contributed by atoms with van der Waals surface area (Å²) in [7, 11) is 1.31. The Labute approximate surface area is 159 Å². The predicted molar refractivity (Wildman–Crippen MR) is 103 cm³/mol. The van der Waals surface area contributed by atoms with E-state index in [0.29, 0.717) is 24.3 Å². The lowest BCUT2D eigenvalue weighted by molar-refractivity contribution is -0.129. The summed E-state index contributed by atoms with van der Waals surface area (Å²) in [4.78, 5) is 37.1. The first-order valence-corrected chi connectivity index (χ1v) is 8.68. The molecule has 0 aliphatic carbocycles. The lowest BCUT2D eigenvalue weighted by atomic mass is 10.1. The van der Waals surface area contributed by atoms with Gasteiger partial charge >= 0.3 is 5.97 Å². The molecule has 0 saturated heterocycles. The molecule has 0 radical (unpaired) electrons. The van der Waals surface area contributed by atoms with Crippen LogP contribution in [0.25, 0.3) is 0 Å². The second-order valence-corrected chi connectivity index (χ2v) is 6.29. The minimum Gasteiger partial charge on any atom is -0.465 e. The molecule has 0 spiro atoms. The summed E-state index contributed by atoms with van der Waals surface area (Å²) in [6.07, 6.45) is 0.185. The fraction of sp³-hybridized carbons (Fsp3) is 0.286. The monoisotopic (exact) mass is 368 g/mol. The molecule has 1 N–H and O–H groups in total. The van der Waals surface area contributed by atoms with Gasteiger partial charge in [-0.2, -0.15) is 0 Å². The largest absolute Gasteiger partial charge is 0.465 e. The predicted octanol–water partition coefficient (Wildman–Crippen LogP) is 3.16. The Bertz CT molecular complexity index is 798. The molecule has 0 saturated carbocycles. The fourth-order valence-corrected chi connectivity index (χ4v) is 2.53. The summed E-state index contributed by atoms with van der Waals surface area (Å²) in [5.74, 6) is -0.706. The number of amides is 2. The van der Waals surface area contributed by atoms with Gasteiger partial charge < -0.3 is 15.0 Å². The van der Waals surface area contributed by atoms with Gasteiger partial charge in [0.2, 0.25) is 11.8 Å². The van der Waals surface area contributed by atoms with E-state index < -0.39 is 5.97 Å². The normalized spacial score (nSPS) is 10.2. The smallest absolute Gasteiger partial charge is 0.337 e. The maximum absolute atomic E-state index is 12.2. The average Bonchev–Trinajstić information content (AvgIpc) is 2.66. The second-order valence-electron chi connectivity index (χ2n) is 6.29. The van der Waals surface area contributed by atoms with Crippen LogP contribution in [0.15, 0.2) is 48.5 Å². The lowest BCUT2D eigenvalue weighted by Gasteiger charge is -2.21. The fourth-order valence-electron chi connectivity index (χ4n) is 2.53. The van der Waals surface area contributed by atoms with Crippen molar-refractivity contribution < 1.29 is 19.1 Å². The van der Waals surface area contributed by atoms with Crippen LogP contribution < -0.4 is 5.32 Å². The van der Waals surface area contributed by atoms with Crippen LogP contribution in [0.4, 0.5) is 5.69 Å². The van der Waals surface area contributed by atoms with Gasteiger partial charge in [-0.25, -0.2) is 4.79 Å². The number of nitrogens with zero attached hydrogens (tertiary/aromatic N) is 1. The number of carbonyl (C=O) groups is 3. The molecule has 0 heterocycles. The number of nitrogens with one attached hydrogen (secondary N) is 1. The Kier molecular flexibility index (Phi) is 7.11. The molecule has 27 heavy (non-hydrogen) atoms. The van der Waals surface area contributed by atoms with Crippen LogP contribution in [-0.2, 0) is 20.9 Å². The number of hydrogen-bond donors (Lipinski definition) is 1. The van der Waals surface area contributed by atoms with Crippen molar-refractivity contribution in [1.82, 2.24) is 4.90 Å². The van der Waals surface area contributed by atoms with Crippen molar-refractivity contribution in [3.8, 4) is 0 Å². The molecule has 0 aromatic heterocycles. The summed E-state index contributed by atoms with van der Waals surface area (Å²) < 4.78 is 4.64. The van der Waals surface area contributed by atoms with Gasteiger partial charge in [-0.15, -0.1) is 0 Å². The van der Waals surface area contributed by atoms with E-state index in [1.165, 1.54) is 14.0 Å². The molecule has 142 valence electrons. The minimum absolute atomic E-state index is 0.0780. The van der Waals surface area contributed by atoms with E-state index >= 15 is 0 Å². The molecular weight excluding hydrogens is 344 g/mol. The van der Waals surface area contributed by atoms with Crippen molar-refractivity contribution in [2.24, 2.45) is 0 Å². The second kappa shape index (κ2) is 9.52. The summed E-state index contributed by atoms with van der Waals surface area (Å²) in [6.45, 7) is 4.30. The number of methoxy groups -OCH3 is 1. The molecule has 2 rings (SSSR count). The van der Waals surface area contributed by atoms with Crippen LogP contribution in [0.2, 0.25) is 0 Å². The molecule has 2 aromatic rings. The van der Waals surface area contributed by atoms with E-state index in [2.05, 4.69) is 10.1 Å². The Morgan fingerprint density at radius 2 is 1.63 bits per heavy atom. The number of hydrogen-bond acceptors (Lipinski definition) is 4. The molecule has 0 unspecified atom stereocenters. The summed E-state index contributed by atoms with van der Waals surface area (Å²) in [5.41, 5.74) is 3.18. The number of esters is 1. The summed E-state index contributed by atoms with van der Waals surface area (Å²) in [6, 6.07) is 14.4. The lowest BCUT2D eigenvalue weighted by Crippen LogP contribution is -2.31. The van der Waals surface area contributed by atoms with E-state index in [-0.39, 0.29) is 18.2 Å². The van der Waals surface area contributed by atoms with Crippen LogP contribution in [0.1, 0.15) is 34.8 Å². The molecule has 0 fully saturated rings. The van der Waals surface area contributed by atoms with E-state index in [1.54, 1.807) is 29.2 Å². The highest BCUT2D eigenvalue weighted by Crippen LogP contribution is 2.12. The number of rotatable bonds is 7. The number of carbonyl (C=O) groups excluding carboxylic acids is 3. The summed E-state index contributed by atoms with van der Waals surface area (Å²) in [5, 5.41) is 2.76. The zero-order valence-electron chi connectivity index (χ0n) is 15.8. The van der Waals surface area contributed by atoms with Crippen molar-refractivity contribution in [3.05, 3.63) is 65.2 Å². The first-order valence-electron chi connectivity index (χ1n) is 8.68. The van der Waals surface area contributed by atoms with Gasteiger partial charge in [0.15, 0.2) is 0 Å². The summed E-state index contributed by atoms with van der Waals surface area (Å²) >= 11 is 0.